The molecule has 0 aliphatic carbocycles. The summed E-state index contributed by atoms with van der Waals surface area (Å²) in [5.41, 5.74) is 0. The lowest BCUT2D eigenvalue weighted by atomic mass is 10.1. The molecule has 1 rings (SSSR count). The van der Waals surface area contributed by atoms with Gasteiger partial charge >= 0.3 is 0 Å². The second kappa shape index (κ2) is 5.82. The van der Waals surface area contributed by atoms with E-state index in [9.17, 15) is 13.2 Å². The van der Waals surface area contributed by atoms with Crippen LogP contribution in [0.4, 0.5) is 0 Å². The van der Waals surface area contributed by atoms with E-state index in [-0.39, 0.29) is 17.9 Å². The Morgan fingerprint density at radius 2 is 2.12 bits per heavy atom. The lowest BCUT2D eigenvalue weighted by Crippen LogP contribution is -2.38. The fourth-order valence-electron chi connectivity index (χ4n) is 2.10. The molecule has 1 unspecified atom stereocenters. The summed E-state index contributed by atoms with van der Waals surface area (Å²) in [6.45, 7) is 4.84. The van der Waals surface area contributed by atoms with Crippen LogP contribution < -0.4 is 5.32 Å². The Morgan fingerprint density at radius 3 is 2.65 bits per heavy atom. The van der Waals surface area contributed by atoms with E-state index in [4.69, 9.17) is 0 Å². The van der Waals surface area contributed by atoms with Crippen LogP contribution in [0.5, 0.6) is 0 Å². The van der Waals surface area contributed by atoms with Crippen LogP contribution in [0.3, 0.4) is 0 Å². The topological polar surface area (TPSA) is 66.5 Å². The van der Waals surface area contributed by atoms with E-state index in [0.29, 0.717) is 19.5 Å². The molecule has 1 aliphatic rings. The average Bonchev–Trinajstić information content (AvgIpc) is 2.65. The molecule has 0 spiro atoms. The molecule has 1 amide bonds. The van der Waals surface area contributed by atoms with Crippen LogP contribution in [0.15, 0.2) is 0 Å². The molecule has 1 saturated heterocycles. The molecule has 0 aromatic rings. The molecule has 1 fully saturated rings. The molecule has 0 radical (unpaired) electrons. The predicted molar refractivity (Wildman–Crippen MR) is 67.0 cm³/mol. The first-order chi connectivity index (χ1) is 7.82. The first kappa shape index (κ1) is 14.4. The monoisotopic (exact) mass is 262 g/mol. The van der Waals surface area contributed by atoms with Gasteiger partial charge in [-0.25, -0.2) is 8.42 Å². The number of carbonyl (C=O) groups excluding carboxylic acids is 1. The second-order valence-electron chi connectivity index (χ2n) is 4.90. The third kappa shape index (κ3) is 4.27. The fraction of sp³-hybridized carbons (Fsp3) is 0.909. The number of sulfonamides is 1. The van der Waals surface area contributed by atoms with Crippen molar-refractivity contribution in [3.05, 3.63) is 0 Å². The molecule has 100 valence electrons. The van der Waals surface area contributed by atoms with Crippen molar-refractivity contribution >= 4 is 15.9 Å². The number of rotatable bonds is 5. The maximum Gasteiger partial charge on any atom is 0.222 e. The van der Waals surface area contributed by atoms with Gasteiger partial charge in [0.15, 0.2) is 0 Å². The van der Waals surface area contributed by atoms with E-state index in [1.165, 1.54) is 6.26 Å². The van der Waals surface area contributed by atoms with Crippen LogP contribution in [-0.2, 0) is 14.8 Å². The van der Waals surface area contributed by atoms with Crippen molar-refractivity contribution in [1.29, 1.82) is 0 Å². The molecule has 5 nitrogen and oxygen atoms in total. The van der Waals surface area contributed by atoms with E-state index in [1.807, 2.05) is 13.8 Å². The largest absolute Gasteiger partial charge is 0.356 e. The van der Waals surface area contributed by atoms with Crippen LogP contribution in [0.1, 0.15) is 33.1 Å². The minimum absolute atomic E-state index is 0.0221. The summed E-state index contributed by atoms with van der Waals surface area (Å²) >= 11 is 0. The Kier molecular flexibility index (Phi) is 4.94. The number of nitrogens with zero attached hydrogens (tertiary/aromatic N) is 1. The smallest absolute Gasteiger partial charge is 0.222 e. The molecule has 6 heteroatoms. The fourth-order valence-corrected chi connectivity index (χ4v) is 3.31. The molecule has 1 heterocycles. The van der Waals surface area contributed by atoms with Gasteiger partial charge in [-0.05, 0) is 19.3 Å². The van der Waals surface area contributed by atoms with E-state index >= 15 is 0 Å². The highest BCUT2D eigenvalue weighted by Crippen LogP contribution is 2.22. The molecular weight excluding hydrogens is 240 g/mol. The molecule has 0 bridgehead atoms. The van der Waals surface area contributed by atoms with E-state index in [0.717, 1.165) is 12.8 Å². The zero-order valence-electron chi connectivity index (χ0n) is 10.8. The van der Waals surface area contributed by atoms with Gasteiger partial charge in [0.2, 0.25) is 15.9 Å². The van der Waals surface area contributed by atoms with Crippen molar-refractivity contribution in [2.24, 2.45) is 5.92 Å². The quantitative estimate of drug-likeness (QED) is 0.788. The van der Waals surface area contributed by atoms with Gasteiger partial charge in [-0.1, -0.05) is 13.8 Å². The minimum Gasteiger partial charge on any atom is -0.356 e. The van der Waals surface area contributed by atoms with Gasteiger partial charge in [0.25, 0.3) is 0 Å². The first-order valence-corrected chi connectivity index (χ1v) is 7.91. The van der Waals surface area contributed by atoms with Gasteiger partial charge in [-0.2, -0.15) is 4.31 Å². The highest BCUT2D eigenvalue weighted by atomic mass is 32.2. The SMILES string of the molecule is CC(C)C(=O)NCCC1CCCN1S(C)(=O)=O. The highest BCUT2D eigenvalue weighted by molar-refractivity contribution is 7.88. The zero-order valence-corrected chi connectivity index (χ0v) is 11.6. The zero-order chi connectivity index (χ0) is 13.1. The lowest BCUT2D eigenvalue weighted by Gasteiger charge is -2.22. The Balaban J connectivity index is 2.39. The van der Waals surface area contributed by atoms with E-state index in [2.05, 4.69) is 5.32 Å². The van der Waals surface area contributed by atoms with Crippen molar-refractivity contribution in [2.75, 3.05) is 19.3 Å². The van der Waals surface area contributed by atoms with Crippen molar-refractivity contribution in [3.8, 4) is 0 Å². The normalized spacial score (nSPS) is 22.0. The van der Waals surface area contributed by atoms with Crippen LogP contribution in [0, 0.1) is 5.92 Å². The van der Waals surface area contributed by atoms with Crippen LogP contribution in [0.25, 0.3) is 0 Å². The van der Waals surface area contributed by atoms with Crippen molar-refractivity contribution in [1.82, 2.24) is 9.62 Å². The summed E-state index contributed by atoms with van der Waals surface area (Å²) in [5.74, 6) is -0.00140. The first-order valence-electron chi connectivity index (χ1n) is 6.07. The summed E-state index contributed by atoms with van der Waals surface area (Å²) in [6.07, 6.45) is 3.75. The maximum absolute atomic E-state index is 11.5. The van der Waals surface area contributed by atoms with Gasteiger partial charge in [-0.15, -0.1) is 0 Å². The van der Waals surface area contributed by atoms with Crippen molar-refractivity contribution in [3.63, 3.8) is 0 Å². The average molecular weight is 262 g/mol. The predicted octanol–water partition coefficient (Wildman–Crippen LogP) is 0.573. The van der Waals surface area contributed by atoms with Gasteiger partial charge in [0.1, 0.15) is 0 Å². The Hall–Kier alpha value is -0.620. The number of carbonyl (C=O) groups is 1. The molecule has 17 heavy (non-hydrogen) atoms. The van der Waals surface area contributed by atoms with Gasteiger partial charge in [0, 0.05) is 25.0 Å². The molecule has 0 saturated carbocycles. The molecule has 0 aromatic carbocycles. The lowest BCUT2D eigenvalue weighted by molar-refractivity contribution is -0.124. The third-order valence-corrected chi connectivity index (χ3v) is 4.38. The molecule has 1 N–H and O–H groups in total. The molecule has 1 atom stereocenters. The van der Waals surface area contributed by atoms with Crippen LogP contribution >= 0.6 is 0 Å². The van der Waals surface area contributed by atoms with Gasteiger partial charge in [-0.3, -0.25) is 4.79 Å². The highest BCUT2D eigenvalue weighted by Gasteiger charge is 2.30. The number of hydrogen-bond acceptors (Lipinski definition) is 3. The Bertz CT molecular complexity index is 365. The van der Waals surface area contributed by atoms with Crippen molar-refractivity contribution in [2.45, 2.75) is 39.2 Å². The summed E-state index contributed by atoms with van der Waals surface area (Å²) in [4.78, 5) is 11.4. The summed E-state index contributed by atoms with van der Waals surface area (Å²) in [6, 6.07) is 0.0532. The Labute approximate surface area is 104 Å². The standard InChI is InChI=1S/C11H22N2O3S/c1-9(2)11(14)12-7-6-10-5-4-8-13(10)17(3,15)16/h9-10H,4-8H2,1-3H3,(H,12,14). The summed E-state index contributed by atoms with van der Waals surface area (Å²) in [7, 11) is -3.10. The van der Waals surface area contributed by atoms with Crippen molar-refractivity contribution < 1.29 is 13.2 Å². The van der Waals surface area contributed by atoms with Crippen LogP contribution in [-0.4, -0.2) is 44.0 Å². The number of nitrogens with one attached hydrogen (secondary N) is 1. The molecule has 1 aliphatic heterocycles. The second-order valence-corrected chi connectivity index (χ2v) is 6.84. The molecular formula is C11H22N2O3S. The van der Waals surface area contributed by atoms with Crippen LogP contribution in [0.2, 0.25) is 0 Å². The minimum atomic E-state index is -3.10. The molecule has 0 aromatic heterocycles. The van der Waals surface area contributed by atoms with E-state index in [1.54, 1.807) is 4.31 Å². The van der Waals surface area contributed by atoms with E-state index < -0.39 is 10.0 Å². The van der Waals surface area contributed by atoms with Gasteiger partial charge < -0.3 is 5.32 Å². The van der Waals surface area contributed by atoms with Gasteiger partial charge in [0.05, 0.1) is 6.26 Å². The Morgan fingerprint density at radius 1 is 1.47 bits per heavy atom. The summed E-state index contributed by atoms with van der Waals surface area (Å²) in [5, 5.41) is 2.82. The number of hydrogen-bond donors (Lipinski definition) is 1. The maximum atomic E-state index is 11.5. The summed E-state index contributed by atoms with van der Waals surface area (Å²) < 4.78 is 24.5. The number of amides is 1. The third-order valence-electron chi connectivity index (χ3n) is 3.05.